The lowest BCUT2D eigenvalue weighted by Crippen LogP contribution is -2.52. The highest BCUT2D eigenvalue weighted by atomic mass is 16.6. The summed E-state index contributed by atoms with van der Waals surface area (Å²) < 4.78 is 11.9. The predicted molar refractivity (Wildman–Crippen MR) is 206 cm³/mol. The van der Waals surface area contributed by atoms with Gasteiger partial charge in [0.1, 0.15) is 18.8 Å². The Balaban J connectivity index is 1.10. The van der Waals surface area contributed by atoms with E-state index in [0.717, 1.165) is 65.9 Å². The molecule has 0 heterocycles. The van der Waals surface area contributed by atoms with E-state index in [1.165, 1.54) is 51.4 Å². The van der Waals surface area contributed by atoms with Crippen molar-refractivity contribution in [3.63, 3.8) is 0 Å². The van der Waals surface area contributed by atoms with Crippen molar-refractivity contribution in [1.29, 1.82) is 0 Å². The Morgan fingerprint density at radius 1 is 0.882 bits per heavy atom. The smallest absolute Gasteiger partial charge is 0.408 e. The van der Waals surface area contributed by atoms with Crippen LogP contribution in [0.2, 0.25) is 0 Å². The average molecular weight is 696 g/mol. The van der Waals surface area contributed by atoms with Crippen LogP contribution in [0.25, 0.3) is 0 Å². The fraction of sp³-hybridized carbons (Fsp3) is 0.652. The van der Waals surface area contributed by atoms with E-state index in [2.05, 4.69) is 52.9 Å². The Bertz CT molecular complexity index is 1490. The molecule has 6 rings (SSSR count). The minimum absolute atomic E-state index is 0.0553. The van der Waals surface area contributed by atoms with Crippen molar-refractivity contribution in [3.8, 4) is 0 Å². The van der Waals surface area contributed by atoms with Crippen molar-refractivity contribution in [2.75, 3.05) is 0 Å². The van der Waals surface area contributed by atoms with Gasteiger partial charge in [0, 0.05) is 6.42 Å². The van der Waals surface area contributed by atoms with Gasteiger partial charge in [0.15, 0.2) is 0 Å². The van der Waals surface area contributed by atoms with Gasteiger partial charge in [-0.3, -0.25) is 0 Å². The lowest BCUT2D eigenvalue weighted by molar-refractivity contribution is -0.156. The monoisotopic (exact) mass is 695 g/mol. The first kappa shape index (κ1) is 37.7. The molecule has 0 radical (unpaired) electrons. The van der Waals surface area contributed by atoms with Gasteiger partial charge in [0.25, 0.3) is 0 Å². The lowest BCUT2D eigenvalue weighted by atomic mass is 9.47. The standard InChI is InChI=1S/C46H65NO4/c1-7-35(31(2)3)19-18-32(4)39-24-25-40-38-23-21-36-20-22-37(29-46(36,6)41(38)26-27-45(39,40)5)51-43(48)42(28-33-14-10-8-11-15-33)47-44(49)50-30-34-16-12-9-13-17-34/h8-17,21,31-32,35,37-42H,7,18-20,22-30H2,1-6H3,(H,47,49)/t32-,35-,37-,38+,39-,40+,41+,42+,45-,46+/m1/s1. The summed E-state index contributed by atoms with van der Waals surface area (Å²) in [5.41, 5.74) is 3.97. The molecule has 4 aliphatic rings. The second kappa shape index (κ2) is 16.3. The second-order valence-corrected chi connectivity index (χ2v) is 17.7. The van der Waals surface area contributed by atoms with Crippen molar-refractivity contribution in [2.45, 2.75) is 137 Å². The summed E-state index contributed by atoms with van der Waals surface area (Å²) in [5.74, 6) is 5.03. The number of rotatable bonds is 13. The highest BCUT2D eigenvalue weighted by molar-refractivity contribution is 5.81. The number of hydrogen-bond donors (Lipinski definition) is 1. The van der Waals surface area contributed by atoms with E-state index in [1.807, 2.05) is 60.7 Å². The van der Waals surface area contributed by atoms with E-state index in [-0.39, 0.29) is 24.1 Å². The fourth-order valence-corrected chi connectivity index (χ4v) is 11.7. The number of benzene rings is 2. The molecular formula is C46H65NO4. The van der Waals surface area contributed by atoms with Crippen LogP contribution in [0, 0.1) is 52.3 Å². The molecule has 278 valence electrons. The molecule has 1 amide bonds. The summed E-state index contributed by atoms with van der Waals surface area (Å²) in [5, 5.41) is 2.86. The number of ether oxygens (including phenoxy) is 2. The van der Waals surface area contributed by atoms with Gasteiger partial charge in [-0.05, 0) is 121 Å². The van der Waals surface area contributed by atoms with Crippen LogP contribution in [0.1, 0.15) is 123 Å². The normalized spacial score (nSPS) is 31.7. The van der Waals surface area contributed by atoms with Crippen molar-refractivity contribution < 1.29 is 19.1 Å². The number of carbonyl (C=O) groups excluding carboxylic acids is 2. The molecule has 51 heavy (non-hydrogen) atoms. The van der Waals surface area contributed by atoms with Gasteiger partial charge in [-0.25, -0.2) is 9.59 Å². The van der Waals surface area contributed by atoms with Gasteiger partial charge < -0.3 is 14.8 Å². The van der Waals surface area contributed by atoms with Crippen LogP contribution in [-0.4, -0.2) is 24.2 Å². The Morgan fingerprint density at radius 3 is 2.27 bits per heavy atom. The minimum Gasteiger partial charge on any atom is -0.461 e. The number of carbonyl (C=O) groups is 2. The van der Waals surface area contributed by atoms with Crippen LogP contribution >= 0.6 is 0 Å². The van der Waals surface area contributed by atoms with Gasteiger partial charge in [0.05, 0.1) is 0 Å². The lowest BCUT2D eigenvalue weighted by Gasteiger charge is -2.58. The summed E-state index contributed by atoms with van der Waals surface area (Å²) in [4.78, 5) is 26.9. The summed E-state index contributed by atoms with van der Waals surface area (Å²) in [6, 6.07) is 18.6. The van der Waals surface area contributed by atoms with Crippen molar-refractivity contribution in [3.05, 3.63) is 83.4 Å². The van der Waals surface area contributed by atoms with Gasteiger partial charge in [-0.2, -0.15) is 0 Å². The third kappa shape index (κ3) is 8.28. The molecule has 2 aromatic rings. The number of hydrogen-bond acceptors (Lipinski definition) is 4. The molecule has 3 saturated carbocycles. The molecule has 10 atom stereocenters. The first-order valence-corrected chi connectivity index (χ1v) is 20.4. The van der Waals surface area contributed by atoms with Gasteiger partial charge >= 0.3 is 12.1 Å². The fourth-order valence-electron chi connectivity index (χ4n) is 11.7. The molecular weight excluding hydrogens is 631 g/mol. The van der Waals surface area contributed by atoms with Crippen LogP contribution in [-0.2, 0) is 27.3 Å². The van der Waals surface area contributed by atoms with E-state index in [0.29, 0.717) is 17.8 Å². The van der Waals surface area contributed by atoms with E-state index >= 15 is 0 Å². The second-order valence-electron chi connectivity index (χ2n) is 17.7. The number of amides is 1. The zero-order chi connectivity index (χ0) is 36.2. The Labute approximate surface area is 308 Å². The van der Waals surface area contributed by atoms with Crippen molar-refractivity contribution in [1.82, 2.24) is 5.32 Å². The van der Waals surface area contributed by atoms with Crippen LogP contribution in [0.3, 0.4) is 0 Å². The molecule has 5 heteroatoms. The largest absolute Gasteiger partial charge is 0.461 e. The number of allylic oxidation sites excluding steroid dienone is 2. The van der Waals surface area contributed by atoms with Gasteiger partial charge in [-0.15, -0.1) is 0 Å². The quantitative estimate of drug-likeness (QED) is 0.167. The maximum atomic E-state index is 13.9. The minimum atomic E-state index is -0.819. The Hall–Kier alpha value is -3.08. The SMILES string of the molecule is CC[C@H](CC[C@@H](C)[C@H]1CC[C@H]2[C@@H]3CC=C4CC[C@@H](OC(=O)[C@H](Cc5ccccc5)NC(=O)OCc5ccccc5)C[C@]4(C)[C@H]3CC[C@]12C)C(C)C. The summed E-state index contributed by atoms with van der Waals surface area (Å²) in [6.45, 7) is 15.1. The number of alkyl carbamates (subject to hydrolysis) is 1. The average Bonchev–Trinajstić information content (AvgIpc) is 3.48. The van der Waals surface area contributed by atoms with Crippen molar-refractivity contribution in [2.24, 2.45) is 52.3 Å². The maximum Gasteiger partial charge on any atom is 0.408 e. The summed E-state index contributed by atoms with van der Waals surface area (Å²) in [6.07, 6.45) is 15.6. The predicted octanol–water partition coefficient (Wildman–Crippen LogP) is 11.1. The highest BCUT2D eigenvalue weighted by Gasteiger charge is 2.59. The van der Waals surface area contributed by atoms with Gasteiger partial charge in [0.2, 0.25) is 0 Å². The summed E-state index contributed by atoms with van der Waals surface area (Å²) in [7, 11) is 0. The first-order valence-electron chi connectivity index (χ1n) is 20.4. The van der Waals surface area contributed by atoms with Crippen LogP contribution in [0.5, 0.6) is 0 Å². The summed E-state index contributed by atoms with van der Waals surface area (Å²) >= 11 is 0. The van der Waals surface area contributed by atoms with E-state index in [4.69, 9.17) is 9.47 Å². The van der Waals surface area contributed by atoms with Crippen molar-refractivity contribution >= 4 is 12.1 Å². The van der Waals surface area contributed by atoms with Gasteiger partial charge in [-0.1, -0.05) is 127 Å². The number of esters is 1. The molecule has 0 spiro atoms. The van der Waals surface area contributed by atoms with Crippen LogP contribution in [0.15, 0.2) is 72.3 Å². The molecule has 0 aromatic heterocycles. The Kier molecular flexibility index (Phi) is 12.0. The maximum absolute atomic E-state index is 13.9. The third-order valence-electron chi connectivity index (χ3n) is 14.6. The molecule has 2 aromatic carbocycles. The number of nitrogens with one attached hydrogen (secondary N) is 1. The molecule has 1 N–H and O–H groups in total. The van der Waals surface area contributed by atoms with Crippen LogP contribution < -0.4 is 5.32 Å². The van der Waals surface area contributed by atoms with E-state index in [1.54, 1.807) is 5.57 Å². The molecule has 5 nitrogen and oxygen atoms in total. The molecule has 0 saturated heterocycles. The molecule has 0 aliphatic heterocycles. The highest BCUT2D eigenvalue weighted by Crippen LogP contribution is 2.67. The first-order chi connectivity index (χ1) is 24.5. The zero-order valence-corrected chi connectivity index (χ0v) is 32.4. The molecule has 4 aliphatic carbocycles. The third-order valence-corrected chi connectivity index (χ3v) is 14.6. The molecule has 3 fully saturated rings. The zero-order valence-electron chi connectivity index (χ0n) is 32.4. The van der Waals surface area contributed by atoms with E-state index < -0.39 is 12.1 Å². The van der Waals surface area contributed by atoms with E-state index in [9.17, 15) is 9.59 Å². The Morgan fingerprint density at radius 2 is 1.59 bits per heavy atom. The van der Waals surface area contributed by atoms with Crippen LogP contribution in [0.4, 0.5) is 4.79 Å². The topological polar surface area (TPSA) is 64.6 Å². The number of fused-ring (bicyclic) bond motifs is 5. The molecule has 0 bridgehead atoms. The molecule has 0 unspecified atom stereocenters.